The van der Waals surface area contributed by atoms with Crippen molar-refractivity contribution in [3.05, 3.63) is 0 Å². The van der Waals surface area contributed by atoms with Crippen LogP contribution >= 0.6 is 0 Å². The first-order valence-corrected chi connectivity index (χ1v) is 7.90. The molecule has 5 nitrogen and oxygen atoms in total. The lowest BCUT2D eigenvalue weighted by Crippen LogP contribution is -2.53. The molecule has 3 aliphatic rings. The normalized spacial score (nSPS) is 32.2. The average molecular weight is 280 g/mol. The second-order valence-corrected chi connectivity index (χ2v) is 6.53. The minimum Gasteiger partial charge on any atom is -0.481 e. The van der Waals surface area contributed by atoms with Gasteiger partial charge in [-0.3, -0.25) is 4.79 Å². The highest BCUT2D eigenvalue weighted by Gasteiger charge is 2.46. The van der Waals surface area contributed by atoms with Gasteiger partial charge in [-0.1, -0.05) is 0 Å². The van der Waals surface area contributed by atoms with E-state index in [0.717, 1.165) is 45.1 Å². The smallest absolute Gasteiger partial charge is 0.320 e. The van der Waals surface area contributed by atoms with Crippen molar-refractivity contribution in [3.63, 3.8) is 0 Å². The van der Waals surface area contributed by atoms with Crippen molar-refractivity contribution in [2.24, 2.45) is 5.92 Å². The minimum atomic E-state index is -0.706. The highest BCUT2D eigenvalue weighted by atomic mass is 16.4. The van der Waals surface area contributed by atoms with Crippen LogP contribution in [0.4, 0.5) is 4.79 Å². The summed E-state index contributed by atoms with van der Waals surface area (Å²) in [6, 6.07) is 1.22. The second-order valence-electron chi connectivity index (χ2n) is 6.53. The molecule has 0 aromatic rings. The minimum absolute atomic E-state index is 0.205. The monoisotopic (exact) mass is 280 g/mol. The average Bonchev–Trinajstić information content (AvgIpc) is 3.16. The van der Waals surface area contributed by atoms with Crippen LogP contribution in [-0.2, 0) is 4.79 Å². The number of nitrogens with zero attached hydrogens (tertiary/aromatic N) is 2. The van der Waals surface area contributed by atoms with Gasteiger partial charge < -0.3 is 14.9 Å². The van der Waals surface area contributed by atoms with E-state index in [-0.39, 0.29) is 30.5 Å². The molecule has 0 radical (unpaired) electrons. The summed E-state index contributed by atoms with van der Waals surface area (Å²) < 4.78 is 0. The van der Waals surface area contributed by atoms with Crippen molar-refractivity contribution >= 4 is 12.0 Å². The van der Waals surface area contributed by atoms with Crippen molar-refractivity contribution in [2.75, 3.05) is 6.54 Å². The Labute approximate surface area is 119 Å². The van der Waals surface area contributed by atoms with Crippen molar-refractivity contribution in [1.29, 1.82) is 0 Å². The largest absolute Gasteiger partial charge is 0.481 e. The molecule has 0 aromatic carbocycles. The fourth-order valence-electron chi connectivity index (χ4n) is 4.10. The third-order valence-corrected chi connectivity index (χ3v) is 5.09. The van der Waals surface area contributed by atoms with Gasteiger partial charge in [-0.2, -0.15) is 0 Å². The van der Waals surface area contributed by atoms with Crippen LogP contribution in [0.3, 0.4) is 0 Å². The predicted molar refractivity (Wildman–Crippen MR) is 74.4 cm³/mol. The number of fused-ring (bicyclic) bond motifs is 2. The number of hydrogen-bond acceptors (Lipinski definition) is 2. The SMILES string of the molecule is CCN(C(=O)N1C2CCC1CC(CC(=O)O)C2)C1CC1. The van der Waals surface area contributed by atoms with Crippen LogP contribution in [0.15, 0.2) is 0 Å². The molecule has 20 heavy (non-hydrogen) atoms. The molecule has 3 fully saturated rings. The molecule has 3 rings (SSSR count). The predicted octanol–water partition coefficient (Wildman–Crippen LogP) is 2.31. The molecule has 2 unspecified atom stereocenters. The summed E-state index contributed by atoms with van der Waals surface area (Å²) in [4.78, 5) is 27.7. The first-order valence-electron chi connectivity index (χ1n) is 7.90. The molecule has 2 heterocycles. The van der Waals surface area contributed by atoms with E-state index >= 15 is 0 Å². The maximum absolute atomic E-state index is 12.7. The Morgan fingerprint density at radius 2 is 1.75 bits per heavy atom. The molecule has 1 N–H and O–H groups in total. The molecule has 2 aliphatic heterocycles. The van der Waals surface area contributed by atoms with E-state index in [1.54, 1.807) is 0 Å². The highest BCUT2D eigenvalue weighted by molar-refractivity contribution is 5.76. The zero-order valence-electron chi connectivity index (χ0n) is 12.1. The van der Waals surface area contributed by atoms with E-state index in [4.69, 9.17) is 5.11 Å². The Kier molecular flexibility index (Phi) is 3.61. The van der Waals surface area contributed by atoms with Gasteiger partial charge in [-0.15, -0.1) is 0 Å². The number of amides is 2. The molecule has 2 bridgehead atoms. The van der Waals surface area contributed by atoms with Crippen LogP contribution in [-0.4, -0.2) is 51.6 Å². The lowest BCUT2D eigenvalue weighted by molar-refractivity contribution is -0.138. The zero-order chi connectivity index (χ0) is 14.3. The molecule has 2 atom stereocenters. The topological polar surface area (TPSA) is 60.9 Å². The molecule has 5 heteroatoms. The maximum Gasteiger partial charge on any atom is 0.320 e. The molecule has 112 valence electrons. The van der Waals surface area contributed by atoms with Crippen molar-refractivity contribution < 1.29 is 14.7 Å². The third-order valence-electron chi connectivity index (χ3n) is 5.09. The Morgan fingerprint density at radius 1 is 1.15 bits per heavy atom. The molecule has 2 amide bonds. The number of carboxylic acid groups (broad SMARTS) is 1. The van der Waals surface area contributed by atoms with Gasteiger partial charge >= 0.3 is 12.0 Å². The van der Waals surface area contributed by atoms with Crippen LogP contribution in [0.2, 0.25) is 0 Å². The number of carboxylic acids is 1. The molecule has 0 aromatic heterocycles. The summed E-state index contributed by atoms with van der Waals surface area (Å²) in [6.45, 7) is 2.84. The van der Waals surface area contributed by atoms with E-state index in [1.165, 1.54) is 0 Å². The van der Waals surface area contributed by atoms with Crippen LogP contribution in [0.1, 0.15) is 51.9 Å². The Hall–Kier alpha value is -1.26. The Bertz CT molecular complexity index is 394. The second kappa shape index (κ2) is 5.26. The quantitative estimate of drug-likeness (QED) is 0.859. The number of carbonyl (C=O) groups is 2. The van der Waals surface area contributed by atoms with Gasteiger partial charge in [0.05, 0.1) is 0 Å². The van der Waals surface area contributed by atoms with Gasteiger partial charge in [0.25, 0.3) is 0 Å². The summed E-state index contributed by atoms with van der Waals surface area (Å²) in [7, 11) is 0. The van der Waals surface area contributed by atoms with Crippen molar-refractivity contribution in [2.45, 2.75) is 70.0 Å². The first kappa shape index (κ1) is 13.7. The number of aliphatic carboxylic acids is 1. The summed E-state index contributed by atoms with van der Waals surface area (Å²) in [5, 5.41) is 8.95. The highest BCUT2D eigenvalue weighted by Crippen LogP contribution is 2.41. The summed E-state index contributed by atoms with van der Waals surface area (Å²) >= 11 is 0. The molecule has 2 saturated heterocycles. The van der Waals surface area contributed by atoms with Gasteiger partial charge in [0.15, 0.2) is 0 Å². The van der Waals surface area contributed by atoms with Crippen molar-refractivity contribution in [1.82, 2.24) is 9.80 Å². The number of carbonyl (C=O) groups excluding carboxylic acids is 1. The van der Waals surface area contributed by atoms with Gasteiger partial charge in [-0.25, -0.2) is 4.79 Å². The first-order chi connectivity index (χ1) is 9.60. The van der Waals surface area contributed by atoms with E-state index in [1.807, 2.05) is 4.90 Å². The summed E-state index contributed by atoms with van der Waals surface area (Å²) in [5.41, 5.74) is 0. The van der Waals surface area contributed by atoms with E-state index in [9.17, 15) is 9.59 Å². The molecular formula is C15H24N2O3. The Balaban J connectivity index is 1.67. The summed E-state index contributed by atoms with van der Waals surface area (Å²) in [6.07, 6.45) is 6.39. The van der Waals surface area contributed by atoms with Gasteiger partial charge in [0.1, 0.15) is 0 Å². The van der Waals surface area contributed by atoms with E-state index in [0.29, 0.717) is 6.04 Å². The maximum atomic E-state index is 12.7. The zero-order valence-corrected chi connectivity index (χ0v) is 12.1. The van der Waals surface area contributed by atoms with Gasteiger partial charge in [0, 0.05) is 31.1 Å². The molecule has 1 aliphatic carbocycles. The molecule has 0 spiro atoms. The van der Waals surface area contributed by atoms with Crippen LogP contribution in [0, 0.1) is 5.92 Å². The van der Waals surface area contributed by atoms with Gasteiger partial charge in [0.2, 0.25) is 0 Å². The lowest BCUT2D eigenvalue weighted by atomic mass is 9.88. The van der Waals surface area contributed by atoms with Crippen LogP contribution < -0.4 is 0 Å². The van der Waals surface area contributed by atoms with Crippen molar-refractivity contribution in [3.8, 4) is 0 Å². The number of hydrogen-bond donors (Lipinski definition) is 1. The number of urea groups is 1. The fraction of sp³-hybridized carbons (Fsp3) is 0.867. The standard InChI is InChI=1S/C15H24N2O3/c1-2-16(11-3-4-11)15(20)17-12-5-6-13(17)8-10(7-12)9-14(18)19/h10-13H,2-9H2,1H3,(H,18,19). The van der Waals surface area contributed by atoms with Gasteiger partial charge in [-0.05, 0) is 51.4 Å². The Morgan fingerprint density at radius 3 is 2.20 bits per heavy atom. The third kappa shape index (κ3) is 2.50. The van der Waals surface area contributed by atoms with Crippen LogP contribution in [0.5, 0.6) is 0 Å². The van der Waals surface area contributed by atoms with Crippen LogP contribution in [0.25, 0.3) is 0 Å². The number of piperidine rings is 1. The fourth-order valence-corrected chi connectivity index (χ4v) is 4.10. The molecular weight excluding hydrogens is 256 g/mol. The molecule has 1 saturated carbocycles. The number of rotatable bonds is 4. The lowest BCUT2D eigenvalue weighted by Gasteiger charge is -2.41. The van der Waals surface area contributed by atoms with E-state index in [2.05, 4.69) is 11.8 Å². The summed E-state index contributed by atoms with van der Waals surface area (Å²) in [5.74, 6) is -0.451. The van der Waals surface area contributed by atoms with E-state index < -0.39 is 5.97 Å².